The number of rotatable bonds is 4. The zero-order chi connectivity index (χ0) is 15.6. The van der Waals surface area contributed by atoms with Crippen molar-refractivity contribution in [3.8, 4) is 0 Å². The molecule has 8 nitrogen and oxygen atoms in total. The van der Waals surface area contributed by atoms with Crippen molar-refractivity contribution >= 4 is 21.9 Å². The lowest BCUT2D eigenvalue weighted by Crippen LogP contribution is -2.51. The monoisotopic (exact) mass is 318 g/mol. The smallest absolute Gasteiger partial charge is 0.378 e. The molecule has 21 heavy (non-hydrogen) atoms. The number of hydrogen-bond donors (Lipinski definition) is 2. The average molecular weight is 318 g/mol. The van der Waals surface area contributed by atoms with E-state index in [2.05, 4.69) is 9.18 Å². The van der Waals surface area contributed by atoms with Gasteiger partial charge in [0.25, 0.3) is 0 Å². The van der Waals surface area contributed by atoms with E-state index in [0.29, 0.717) is 18.9 Å². The molecule has 0 aliphatic carbocycles. The number of nitrogens with two attached hydrogens (primary N) is 1. The largest absolute Gasteiger partial charge is 0.482 e. The van der Waals surface area contributed by atoms with Crippen LogP contribution in [0, 0.1) is 0 Å². The Kier molecular flexibility index (Phi) is 4.55. The summed E-state index contributed by atoms with van der Waals surface area (Å²) in [6, 6.07) is 3.42. The summed E-state index contributed by atoms with van der Waals surface area (Å²) in [6.45, 7) is 6.49. The molecule has 0 saturated carbocycles. The van der Waals surface area contributed by atoms with Crippen LogP contribution in [-0.2, 0) is 15.1 Å². The molecule has 1 aromatic heterocycles. The Balaban J connectivity index is 2.43. The normalized spacial score (nSPS) is 16.3. The lowest BCUT2D eigenvalue weighted by atomic mass is 10.1. The van der Waals surface area contributed by atoms with Gasteiger partial charge in [-0.05, 0) is 4.73 Å². The van der Waals surface area contributed by atoms with Crippen LogP contribution < -0.4 is 19.6 Å². The molecule has 0 atom stereocenters. The van der Waals surface area contributed by atoms with Gasteiger partial charge in [0.2, 0.25) is 0 Å². The van der Waals surface area contributed by atoms with Crippen LogP contribution in [0.2, 0.25) is 0 Å². The van der Waals surface area contributed by atoms with Crippen molar-refractivity contribution in [1.82, 2.24) is 0 Å². The van der Waals surface area contributed by atoms with Gasteiger partial charge in [0.05, 0.1) is 19.3 Å². The number of nitrogens with zero attached hydrogens (tertiary/aromatic N) is 2. The Labute approximate surface area is 124 Å². The molecule has 0 unspecified atom stereocenters. The number of hydrogen-bond acceptors (Lipinski definition) is 6. The van der Waals surface area contributed by atoms with Gasteiger partial charge in [0.1, 0.15) is 0 Å². The molecule has 0 radical (unpaired) electrons. The van der Waals surface area contributed by atoms with Crippen molar-refractivity contribution in [3.63, 3.8) is 0 Å². The summed E-state index contributed by atoms with van der Waals surface area (Å²) < 4.78 is 41.5. The molecule has 1 aliphatic rings. The summed E-state index contributed by atoms with van der Waals surface area (Å²) in [6.07, 6.45) is 0. The first-order valence-electron chi connectivity index (χ1n) is 6.63. The van der Waals surface area contributed by atoms with Gasteiger partial charge >= 0.3 is 16.2 Å². The highest BCUT2D eigenvalue weighted by atomic mass is 32.3. The van der Waals surface area contributed by atoms with Gasteiger partial charge in [0.15, 0.2) is 5.69 Å². The Morgan fingerprint density at radius 1 is 1.38 bits per heavy atom. The van der Waals surface area contributed by atoms with Gasteiger partial charge in [-0.25, -0.2) is 0 Å². The first-order chi connectivity index (χ1) is 9.78. The van der Waals surface area contributed by atoms with Crippen molar-refractivity contribution in [2.24, 2.45) is 0 Å². The summed E-state index contributed by atoms with van der Waals surface area (Å²) >= 11 is 0. The molecule has 118 valence electrons. The molecule has 0 bridgehead atoms. The minimum absolute atomic E-state index is 0.0463. The lowest BCUT2D eigenvalue weighted by Gasteiger charge is -2.29. The van der Waals surface area contributed by atoms with Crippen LogP contribution in [0.4, 0.5) is 11.5 Å². The maximum Gasteiger partial charge on any atom is 0.482 e. The van der Waals surface area contributed by atoms with Gasteiger partial charge in [-0.2, -0.15) is 12.7 Å². The second kappa shape index (κ2) is 6.04. The number of nitrogen functional groups attached to an aromatic ring is 1. The second-order valence-corrected chi connectivity index (χ2v) is 6.12. The highest BCUT2D eigenvalue weighted by molar-refractivity contribution is 7.80. The van der Waals surface area contributed by atoms with Gasteiger partial charge < -0.3 is 9.64 Å². The summed E-state index contributed by atoms with van der Waals surface area (Å²) in [5.41, 5.74) is 7.30. The molecule has 0 spiro atoms. The molecule has 2 heterocycles. The van der Waals surface area contributed by atoms with E-state index in [1.54, 1.807) is 12.1 Å². The third-order valence-corrected chi connectivity index (χ3v) is 3.53. The van der Waals surface area contributed by atoms with Crippen LogP contribution in [0.25, 0.3) is 0 Å². The van der Waals surface area contributed by atoms with E-state index in [1.165, 1.54) is 0 Å². The Morgan fingerprint density at radius 3 is 2.52 bits per heavy atom. The van der Waals surface area contributed by atoms with Crippen molar-refractivity contribution in [2.75, 3.05) is 36.9 Å². The van der Waals surface area contributed by atoms with Crippen molar-refractivity contribution in [1.29, 1.82) is 0 Å². The number of ether oxygens (including phenoxy) is 1. The second-order valence-electron chi connectivity index (χ2n) is 5.11. The Hall–Kier alpha value is -1.58. The van der Waals surface area contributed by atoms with E-state index in [9.17, 15) is 8.42 Å². The van der Waals surface area contributed by atoms with Crippen LogP contribution in [0.5, 0.6) is 0 Å². The van der Waals surface area contributed by atoms with Crippen LogP contribution in [-0.4, -0.2) is 39.3 Å². The van der Waals surface area contributed by atoms with E-state index in [0.717, 1.165) is 23.5 Å². The summed E-state index contributed by atoms with van der Waals surface area (Å²) in [4.78, 5) is 2.10. The van der Waals surface area contributed by atoms with E-state index in [4.69, 9.17) is 15.0 Å². The zero-order valence-electron chi connectivity index (χ0n) is 12.0. The van der Waals surface area contributed by atoms with Crippen molar-refractivity contribution < 1.29 is 26.7 Å². The quantitative estimate of drug-likeness (QED) is 0.582. The average Bonchev–Trinajstić information content (AvgIpc) is 2.40. The third kappa shape index (κ3) is 3.96. The first-order valence-corrected chi connectivity index (χ1v) is 8.00. The standard InChI is InChI=1S/C12H19N3O5S/c1-9(2)11-7-10(14-3-5-19-6-4-14)8-12(13)15(11)20-21(16,17)18/h7-9,13H,3-6H2,1-2H3,(H,16,17,18)/p+1. The van der Waals surface area contributed by atoms with E-state index < -0.39 is 10.4 Å². The number of anilines is 2. The van der Waals surface area contributed by atoms with Crippen LogP contribution in [0.15, 0.2) is 12.1 Å². The van der Waals surface area contributed by atoms with Crippen LogP contribution >= 0.6 is 0 Å². The molecular formula is C12H20N3O5S+. The fraction of sp³-hybridized carbons (Fsp3) is 0.583. The van der Waals surface area contributed by atoms with Gasteiger partial charge in [0, 0.05) is 30.8 Å². The SMILES string of the molecule is CC(C)c1cc(N2CCOCC2)cc(N)[n+]1OS(=O)(=O)O. The number of aromatic nitrogens is 1. The summed E-state index contributed by atoms with van der Waals surface area (Å²) in [7, 11) is -4.64. The van der Waals surface area contributed by atoms with Crippen molar-refractivity contribution in [2.45, 2.75) is 19.8 Å². The maximum absolute atomic E-state index is 10.9. The highest BCUT2D eigenvalue weighted by Crippen LogP contribution is 2.22. The number of pyridine rings is 1. The van der Waals surface area contributed by atoms with Crippen LogP contribution in [0.3, 0.4) is 0 Å². The number of morpholine rings is 1. The zero-order valence-corrected chi connectivity index (χ0v) is 12.8. The molecule has 2 rings (SSSR count). The van der Waals surface area contributed by atoms with Gasteiger partial charge in [-0.3, -0.25) is 10.3 Å². The molecule has 9 heteroatoms. The molecule has 1 saturated heterocycles. The molecule has 1 aliphatic heterocycles. The summed E-state index contributed by atoms with van der Waals surface area (Å²) in [5.74, 6) is 0.0513. The molecule has 1 aromatic rings. The lowest BCUT2D eigenvalue weighted by molar-refractivity contribution is -0.851. The van der Waals surface area contributed by atoms with E-state index in [-0.39, 0.29) is 11.7 Å². The predicted molar refractivity (Wildman–Crippen MR) is 76.3 cm³/mol. The maximum atomic E-state index is 10.9. The minimum atomic E-state index is -4.64. The van der Waals surface area contributed by atoms with E-state index in [1.807, 2.05) is 13.8 Å². The first kappa shape index (κ1) is 15.8. The minimum Gasteiger partial charge on any atom is -0.378 e. The fourth-order valence-electron chi connectivity index (χ4n) is 2.20. The molecule has 0 aromatic carbocycles. The summed E-state index contributed by atoms with van der Waals surface area (Å²) in [5, 5.41) is 0. The van der Waals surface area contributed by atoms with Gasteiger partial charge in [-0.1, -0.05) is 13.8 Å². The van der Waals surface area contributed by atoms with Crippen molar-refractivity contribution in [3.05, 3.63) is 17.8 Å². The highest BCUT2D eigenvalue weighted by Gasteiger charge is 2.25. The predicted octanol–water partition coefficient (Wildman–Crippen LogP) is -0.252. The third-order valence-electron chi connectivity index (χ3n) is 3.20. The van der Waals surface area contributed by atoms with Crippen LogP contribution in [0.1, 0.15) is 25.5 Å². The molecule has 0 amide bonds. The Bertz CT molecular complexity index is 612. The van der Waals surface area contributed by atoms with E-state index >= 15 is 0 Å². The molecule has 3 N–H and O–H groups in total. The van der Waals surface area contributed by atoms with Gasteiger partial charge in [-0.15, -0.1) is 0 Å². The topological polar surface area (TPSA) is 106 Å². The molecular weight excluding hydrogens is 298 g/mol. The Morgan fingerprint density at radius 2 is 2.00 bits per heavy atom. The fourth-order valence-corrected chi connectivity index (χ4v) is 2.56. The molecule has 1 fully saturated rings.